The van der Waals surface area contributed by atoms with Crippen LogP contribution in [0.3, 0.4) is 0 Å². The zero-order chi connectivity index (χ0) is 15.7. The number of aryl methyl sites for hydroxylation is 1. The molecule has 7 heteroatoms. The minimum Gasteiger partial charge on any atom is -0.356 e. The van der Waals surface area contributed by atoms with Gasteiger partial charge in [-0.25, -0.2) is 0 Å². The number of hydrogen-bond donors (Lipinski definition) is 4. The number of carbonyl (C=O) groups is 2. The summed E-state index contributed by atoms with van der Waals surface area (Å²) in [4.78, 5) is 29.7. The predicted octanol–water partition coefficient (Wildman–Crippen LogP) is 2.64. The van der Waals surface area contributed by atoms with Crippen LogP contribution in [0.2, 0.25) is 0 Å². The van der Waals surface area contributed by atoms with E-state index in [0.717, 1.165) is 20.9 Å². The molecule has 4 N–H and O–H groups in total. The first-order chi connectivity index (χ1) is 10.5. The number of hydrazine groups is 1. The van der Waals surface area contributed by atoms with Gasteiger partial charge in [0.25, 0.3) is 11.8 Å². The molecule has 0 fully saturated rings. The molecule has 22 heavy (non-hydrogen) atoms. The van der Waals surface area contributed by atoms with Gasteiger partial charge in [0.15, 0.2) is 0 Å². The number of rotatable bonds is 2. The van der Waals surface area contributed by atoms with Crippen LogP contribution in [-0.2, 0) is 0 Å². The van der Waals surface area contributed by atoms with Crippen molar-refractivity contribution in [2.75, 3.05) is 0 Å². The maximum atomic E-state index is 12.1. The average Bonchev–Trinajstić information content (AvgIpc) is 3.10. The summed E-state index contributed by atoms with van der Waals surface area (Å²) >= 11 is 3.24. The molecule has 2 heterocycles. The first kappa shape index (κ1) is 14.4. The molecule has 0 aliphatic carbocycles. The molecule has 3 aromatic rings. The minimum absolute atomic E-state index is 0.347. The topological polar surface area (TPSA) is 89.8 Å². The number of hydrogen-bond acceptors (Lipinski definition) is 2. The molecule has 6 nitrogen and oxygen atoms in total. The summed E-state index contributed by atoms with van der Waals surface area (Å²) in [5.74, 6) is -0.834. The first-order valence-electron chi connectivity index (χ1n) is 6.57. The lowest BCUT2D eigenvalue weighted by molar-refractivity contribution is 0.0842. The molecule has 0 saturated carbocycles. The van der Waals surface area contributed by atoms with Gasteiger partial charge in [0.05, 0.1) is 0 Å². The fourth-order valence-corrected chi connectivity index (χ4v) is 2.46. The molecule has 0 aliphatic heterocycles. The lowest BCUT2D eigenvalue weighted by Gasteiger charge is -2.04. The van der Waals surface area contributed by atoms with Gasteiger partial charge in [0.1, 0.15) is 11.4 Å². The summed E-state index contributed by atoms with van der Waals surface area (Å²) in [7, 11) is 0. The molecule has 0 saturated heterocycles. The summed E-state index contributed by atoms with van der Waals surface area (Å²) in [6, 6.07) is 9.22. The Hall–Kier alpha value is -2.54. The van der Waals surface area contributed by atoms with E-state index in [2.05, 4.69) is 36.7 Å². The third-order valence-electron chi connectivity index (χ3n) is 3.20. The molecular weight excluding hydrogens is 348 g/mol. The Bertz CT molecular complexity index is 865. The molecule has 0 spiro atoms. The molecule has 1 aromatic carbocycles. The monoisotopic (exact) mass is 360 g/mol. The number of carbonyl (C=O) groups excluding carboxylic acids is 2. The standard InChI is InChI=1S/C15H13BrN4O2/c1-8-2-3-11-9(4-8)5-13(18-11)15(22)20-19-14(21)12-6-10(16)7-17-12/h2-7,17-18H,1H3,(H,19,21)(H,20,22). The SMILES string of the molecule is Cc1ccc2[nH]c(C(=O)NNC(=O)c3cc(Br)c[nH]3)cc2c1. The van der Waals surface area contributed by atoms with E-state index in [0.29, 0.717) is 11.4 Å². The Morgan fingerprint density at radius 2 is 1.77 bits per heavy atom. The highest BCUT2D eigenvalue weighted by Gasteiger charge is 2.12. The molecule has 0 unspecified atom stereocenters. The van der Waals surface area contributed by atoms with Crippen molar-refractivity contribution >= 4 is 38.6 Å². The van der Waals surface area contributed by atoms with Crippen LogP contribution >= 0.6 is 15.9 Å². The highest BCUT2D eigenvalue weighted by molar-refractivity contribution is 9.10. The number of fused-ring (bicyclic) bond motifs is 1. The highest BCUT2D eigenvalue weighted by Crippen LogP contribution is 2.16. The second-order valence-corrected chi connectivity index (χ2v) is 5.83. The Morgan fingerprint density at radius 1 is 1.05 bits per heavy atom. The van der Waals surface area contributed by atoms with Crippen molar-refractivity contribution in [3.8, 4) is 0 Å². The van der Waals surface area contributed by atoms with Crippen LogP contribution in [-0.4, -0.2) is 21.8 Å². The van der Waals surface area contributed by atoms with Crippen LogP contribution < -0.4 is 10.9 Å². The van der Waals surface area contributed by atoms with Crippen molar-refractivity contribution < 1.29 is 9.59 Å². The third-order valence-corrected chi connectivity index (χ3v) is 3.66. The van der Waals surface area contributed by atoms with E-state index in [9.17, 15) is 9.59 Å². The molecule has 0 bridgehead atoms. The van der Waals surface area contributed by atoms with E-state index >= 15 is 0 Å². The molecule has 2 aromatic heterocycles. The van der Waals surface area contributed by atoms with E-state index in [1.165, 1.54) is 0 Å². The maximum Gasteiger partial charge on any atom is 0.286 e. The average molecular weight is 361 g/mol. The number of halogens is 1. The Balaban J connectivity index is 1.69. The second-order valence-electron chi connectivity index (χ2n) is 4.91. The van der Waals surface area contributed by atoms with Gasteiger partial charge in [0.2, 0.25) is 0 Å². The molecule has 0 aliphatic rings. The molecule has 3 rings (SSSR count). The van der Waals surface area contributed by atoms with Crippen LogP contribution in [0.4, 0.5) is 0 Å². The number of benzene rings is 1. The largest absolute Gasteiger partial charge is 0.356 e. The van der Waals surface area contributed by atoms with Crippen LogP contribution in [0.25, 0.3) is 10.9 Å². The summed E-state index contributed by atoms with van der Waals surface area (Å²) in [6.45, 7) is 1.99. The third kappa shape index (κ3) is 2.89. The van der Waals surface area contributed by atoms with Crippen molar-refractivity contribution in [1.82, 2.24) is 20.8 Å². The van der Waals surface area contributed by atoms with E-state index in [-0.39, 0.29) is 0 Å². The number of H-pyrrole nitrogens is 2. The van der Waals surface area contributed by atoms with Crippen molar-refractivity contribution in [3.63, 3.8) is 0 Å². The molecule has 0 atom stereocenters. The van der Waals surface area contributed by atoms with Crippen LogP contribution in [0, 0.1) is 6.92 Å². The van der Waals surface area contributed by atoms with Gasteiger partial charge in [-0.1, -0.05) is 11.6 Å². The summed E-state index contributed by atoms with van der Waals surface area (Å²) < 4.78 is 0.759. The zero-order valence-corrected chi connectivity index (χ0v) is 13.2. The fourth-order valence-electron chi connectivity index (χ4n) is 2.12. The first-order valence-corrected chi connectivity index (χ1v) is 7.36. The summed E-state index contributed by atoms with van der Waals surface area (Å²) in [5.41, 5.74) is 7.45. The van der Waals surface area contributed by atoms with E-state index in [1.807, 2.05) is 25.1 Å². The highest BCUT2D eigenvalue weighted by atomic mass is 79.9. The van der Waals surface area contributed by atoms with E-state index < -0.39 is 11.8 Å². The molecular formula is C15H13BrN4O2. The quantitative estimate of drug-likeness (QED) is 0.529. The molecule has 112 valence electrons. The smallest absolute Gasteiger partial charge is 0.286 e. The van der Waals surface area contributed by atoms with Gasteiger partial charge in [-0.15, -0.1) is 0 Å². The lowest BCUT2D eigenvalue weighted by atomic mass is 10.2. The van der Waals surface area contributed by atoms with Gasteiger partial charge in [0, 0.05) is 21.6 Å². The van der Waals surface area contributed by atoms with Crippen LogP contribution in [0.5, 0.6) is 0 Å². The molecule has 0 radical (unpaired) electrons. The van der Waals surface area contributed by atoms with E-state index in [1.54, 1.807) is 18.3 Å². The number of nitrogens with one attached hydrogen (secondary N) is 4. The maximum absolute atomic E-state index is 12.1. The number of aromatic nitrogens is 2. The van der Waals surface area contributed by atoms with Gasteiger partial charge in [-0.3, -0.25) is 20.4 Å². The minimum atomic E-state index is -0.425. The van der Waals surface area contributed by atoms with Crippen molar-refractivity contribution in [2.24, 2.45) is 0 Å². The Morgan fingerprint density at radius 3 is 2.45 bits per heavy atom. The predicted molar refractivity (Wildman–Crippen MR) is 86.5 cm³/mol. The number of aromatic amines is 2. The van der Waals surface area contributed by atoms with Gasteiger partial charge in [-0.2, -0.15) is 0 Å². The van der Waals surface area contributed by atoms with Crippen molar-refractivity contribution in [1.29, 1.82) is 0 Å². The van der Waals surface area contributed by atoms with Gasteiger partial charge in [-0.05, 0) is 47.1 Å². The van der Waals surface area contributed by atoms with Crippen molar-refractivity contribution in [3.05, 3.63) is 58.0 Å². The van der Waals surface area contributed by atoms with Gasteiger partial charge < -0.3 is 9.97 Å². The normalized spacial score (nSPS) is 10.6. The Labute approximate surface area is 134 Å². The second kappa shape index (κ2) is 5.69. The fraction of sp³-hybridized carbons (Fsp3) is 0.0667. The summed E-state index contributed by atoms with van der Waals surface area (Å²) in [6.07, 6.45) is 1.64. The zero-order valence-electron chi connectivity index (χ0n) is 11.7. The van der Waals surface area contributed by atoms with Crippen molar-refractivity contribution in [2.45, 2.75) is 6.92 Å². The van der Waals surface area contributed by atoms with Gasteiger partial charge >= 0.3 is 0 Å². The van der Waals surface area contributed by atoms with Crippen LogP contribution in [0.1, 0.15) is 26.5 Å². The number of amides is 2. The summed E-state index contributed by atoms with van der Waals surface area (Å²) in [5, 5.41) is 0.949. The van der Waals surface area contributed by atoms with Crippen LogP contribution in [0.15, 0.2) is 41.0 Å². The lowest BCUT2D eigenvalue weighted by Crippen LogP contribution is -2.41. The molecule has 2 amide bonds. The van der Waals surface area contributed by atoms with E-state index in [4.69, 9.17) is 0 Å². The Kier molecular flexibility index (Phi) is 3.72.